The number of hydrogen-bond acceptors (Lipinski definition) is 4. The highest BCUT2D eigenvalue weighted by Gasteiger charge is 2.25. The van der Waals surface area contributed by atoms with E-state index < -0.39 is 11.5 Å². The van der Waals surface area contributed by atoms with E-state index in [1.165, 1.54) is 10.9 Å². The lowest BCUT2D eigenvalue weighted by Gasteiger charge is -2.13. The monoisotopic (exact) mass is 423 g/mol. The number of benzene rings is 2. The summed E-state index contributed by atoms with van der Waals surface area (Å²) < 4.78 is 3.06. The first-order valence-corrected chi connectivity index (χ1v) is 9.56. The van der Waals surface area contributed by atoms with Crippen molar-refractivity contribution in [2.24, 2.45) is 7.05 Å². The molecule has 0 spiro atoms. The molecule has 4 aromatic rings. The summed E-state index contributed by atoms with van der Waals surface area (Å²) in [6.45, 7) is 0.183. The Kier molecular flexibility index (Phi) is 5.10. The van der Waals surface area contributed by atoms with Gasteiger partial charge >= 0.3 is 0 Å². The highest BCUT2D eigenvalue weighted by molar-refractivity contribution is 6.31. The minimum Gasteiger partial charge on any atom is -0.330 e. The molecule has 4 rings (SSSR count). The van der Waals surface area contributed by atoms with E-state index in [0.717, 1.165) is 16.6 Å². The van der Waals surface area contributed by atoms with Crippen LogP contribution in [0.3, 0.4) is 0 Å². The van der Waals surface area contributed by atoms with Gasteiger partial charge in [0, 0.05) is 17.6 Å². The average Bonchev–Trinajstić information content (AvgIpc) is 3.06. The highest BCUT2D eigenvalue weighted by atomic mass is 35.5. The second-order valence-electron chi connectivity index (χ2n) is 6.55. The van der Waals surface area contributed by atoms with Crippen molar-refractivity contribution in [3.05, 3.63) is 92.1 Å². The molecule has 2 aromatic carbocycles. The van der Waals surface area contributed by atoms with Crippen molar-refractivity contribution in [3.8, 4) is 6.07 Å². The standard InChI is InChI=1S/C21H15Cl2N5O/c1-27-18-9-5-4-8-17(18)26-20(27)14(10-24)15-11-25-28(21(29)19(15)23)12-13-6-2-3-7-16(13)22/h2-9,11,14H,12H2,1H3. The van der Waals surface area contributed by atoms with E-state index in [1.807, 2.05) is 54.1 Å². The lowest BCUT2D eigenvalue weighted by Crippen LogP contribution is -2.26. The van der Waals surface area contributed by atoms with E-state index in [9.17, 15) is 10.1 Å². The summed E-state index contributed by atoms with van der Waals surface area (Å²) in [4.78, 5) is 17.4. The van der Waals surface area contributed by atoms with E-state index in [2.05, 4.69) is 16.2 Å². The summed E-state index contributed by atoms with van der Waals surface area (Å²) in [6.07, 6.45) is 1.45. The van der Waals surface area contributed by atoms with Crippen LogP contribution in [0.15, 0.2) is 59.5 Å². The Balaban J connectivity index is 1.77. The molecule has 0 fully saturated rings. The third-order valence-electron chi connectivity index (χ3n) is 4.81. The fourth-order valence-corrected chi connectivity index (χ4v) is 3.72. The van der Waals surface area contributed by atoms with Gasteiger partial charge in [-0.2, -0.15) is 10.4 Å². The highest BCUT2D eigenvalue weighted by Crippen LogP contribution is 2.29. The molecule has 1 unspecified atom stereocenters. The molecule has 0 aliphatic rings. The molecule has 8 heteroatoms. The summed E-state index contributed by atoms with van der Waals surface area (Å²) in [5.41, 5.74) is 2.25. The van der Waals surface area contributed by atoms with Crippen molar-refractivity contribution >= 4 is 34.2 Å². The van der Waals surface area contributed by atoms with Crippen LogP contribution in [0.2, 0.25) is 10.0 Å². The number of para-hydroxylation sites is 2. The zero-order valence-corrected chi connectivity index (χ0v) is 16.9. The van der Waals surface area contributed by atoms with Gasteiger partial charge in [-0.05, 0) is 23.8 Å². The van der Waals surface area contributed by atoms with Crippen molar-refractivity contribution in [2.45, 2.75) is 12.5 Å². The number of rotatable bonds is 4. The van der Waals surface area contributed by atoms with Gasteiger partial charge in [0.25, 0.3) is 5.56 Å². The molecule has 2 aromatic heterocycles. The van der Waals surface area contributed by atoms with Crippen LogP contribution in [0.5, 0.6) is 0 Å². The van der Waals surface area contributed by atoms with Gasteiger partial charge in [0.05, 0.1) is 29.8 Å². The number of nitriles is 1. The molecular weight excluding hydrogens is 409 g/mol. The lowest BCUT2D eigenvalue weighted by atomic mass is 10.0. The zero-order valence-electron chi connectivity index (χ0n) is 15.4. The summed E-state index contributed by atoms with van der Waals surface area (Å²) >= 11 is 12.6. The Labute approximate surface area is 176 Å². The van der Waals surface area contributed by atoms with E-state index in [-0.39, 0.29) is 11.6 Å². The maximum atomic E-state index is 12.8. The molecule has 0 aliphatic heterocycles. The Bertz CT molecular complexity index is 1320. The molecule has 0 amide bonds. The summed E-state index contributed by atoms with van der Waals surface area (Å²) in [6, 6.07) is 17.0. The smallest absolute Gasteiger partial charge is 0.286 e. The summed E-state index contributed by atoms with van der Waals surface area (Å²) in [5.74, 6) is -0.323. The van der Waals surface area contributed by atoms with Crippen LogP contribution in [0, 0.1) is 11.3 Å². The molecule has 0 N–H and O–H groups in total. The van der Waals surface area contributed by atoms with Gasteiger partial charge in [-0.1, -0.05) is 53.5 Å². The van der Waals surface area contributed by atoms with Crippen molar-refractivity contribution in [1.29, 1.82) is 5.26 Å². The quantitative estimate of drug-likeness (QED) is 0.494. The largest absolute Gasteiger partial charge is 0.330 e. The number of aryl methyl sites for hydroxylation is 1. The summed E-state index contributed by atoms with van der Waals surface area (Å²) in [7, 11) is 1.83. The molecule has 144 valence electrons. The lowest BCUT2D eigenvalue weighted by molar-refractivity contribution is 0.631. The normalized spacial score (nSPS) is 12.1. The zero-order chi connectivity index (χ0) is 20.5. The van der Waals surface area contributed by atoms with Crippen LogP contribution in [-0.4, -0.2) is 19.3 Å². The van der Waals surface area contributed by atoms with Gasteiger partial charge in [-0.25, -0.2) is 9.67 Å². The minimum absolute atomic E-state index is 0.0503. The second-order valence-corrected chi connectivity index (χ2v) is 7.33. The van der Waals surface area contributed by atoms with Crippen LogP contribution in [-0.2, 0) is 13.6 Å². The van der Waals surface area contributed by atoms with Crippen molar-refractivity contribution in [2.75, 3.05) is 0 Å². The van der Waals surface area contributed by atoms with Crippen molar-refractivity contribution < 1.29 is 0 Å². The van der Waals surface area contributed by atoms with Crippen LogP contribution in [0.25, 0.3) is 11.0 Å². The molecular formula is C21H15Cl2N5O. The van der Waals surface area contributed by atoms with Crippen molar-refractivity contribution in [3.63, 3.8) is 0 Å². The van der Waals surface area contributed by atoms with Crippen LogP contribution in [0.4, 0.5) is 0 Å². The van der Waals surface area contributed by atoms with Crippen LogP contribution >= 0.6 is 23.2 Å². The first kappa shape index (κ1) is 19.2. The average molecular weight is 424 g/mol. The SMILES string of the molecule is Cn1c(C(C#N)c2cnn(Cc3ccccc3Cl)c(=O)c2Cl)nc2ccccc21. The topological polar surface area (TPSA) is 76.5 Å². The second kappa shape index (κ2) is 7.70. The van der Waals surface area contributed by atoms with E-state index in [1.54, 1.807) is 6.07 Å². The molecule has 2 heterocycles. The Morgan fingerprint density at radius 3 is 2.59 bits per heavy atom. The maximum absolute atomic E-state index is 12.8. The van der Waals surface area contributed by atoms with E-state index in [4.69, 9.17) is 23.2 Å². The first-order valence-electron chi connectivity index (χ1n) is 8.81. The van der Waals surface area contributed by atoms with Gasteiger partial charge in [0.1, 0.15) is 16.8 Å². The Morgan fingerprint density at radius 1 is 1.14 bits per heavy atom. The summed E-state index contributed by atoms with van der Waals surface area (Å²) in [5, 5.41) is 14.5. The van der Waals surface area contributed by atoms with E-state index >= 15 is 0 Å². The number of imidazole rings is 1. The molecule has 0 aliphatic carbocycles. The Morgan fingerprint density at radius 2 is 1.86 bits per heavy atom. The van der Waals surface area contributed by atoms with Crippen LogP contribution < -0.4 is 5.56 Å². The number of hydrogen-bond donors (Lipinski definition) is 0. The fourth-order valence-electron chi connectivity index (χ4n) is 3.27. The number of aromatic nitrogens is 4. The molecule has 29 heavy (non-hydrogen) atoms. The third kappa shape index (κ3) is 3.39. The first-order chi connectivity index (χ1) is 14.0. The number of nitrogens with zero attached hydrogens (tertiary/aromatic N) is 5. The van der Waals surface area contributed by atoms with Crippen LogP contribution in [0.1, 0.15) is 22.9 Å². The molecule has 1 atom stereocenters. The predicted octanol–water partition coefficient (Wildman–Crippen LogP) is 4.14. The Hall–Kier alpha value is -3.14. The molecule has 0 radical (unpaired) electrons. The molecule has 0 saturated carbocycles. The van der Waals surface area contributed by atoms with Gasteiger partial charge in [-0.15, -0.1) is 0 Å². The number of fused-ring (bicyclic) bond motifs is 1. The fraction of sp³-hybridized carbons (Fsp3) is 0.143. The molecule has 0 bridgehead atoms. The third-order valence-corrected chi connectivity index (χ3v) is 5.56. The molecule has 0 saturated heterocycles. The van der Waals surface area contributed by atoms with Gasteiger partial charge < -0.3 is 4.57 Å². The van der Waals surface area contributed by atoms with Crippen molar-refractivity contribution in [1.82, 2.24) is 19.3 Å². The minimum atomic E-state index is -0.824. The predicted molar refractivity (Wildman–Crippen MR) is 112 cm³/mol. The van der Waals surface area contributed by atoms with Gasteiger partial charge in [0.15, 0.2) is 0 Å². The van der Waals surface area contributed by atoms with Gasteiger partial charge in [-0.3, -0.25) is 4.79 Å². The number of halogens is 2. The van der Waals surface area contributed by atoms with Gasteiger partial charge in [0.2, 0.25) is 0 Å². The molecule has 6 nitrogen and oxygen atoms in total. The van der Waals surface area contributed by atoms with E-state index in [0.29, 0.717) is 16.4 Å². The maximum Gasteiger partial charge on any atom is 0.286 e.